The van der Waals surface area contributed by atoms with E-state index in [1.807, 2.05) is 17.0 Å². The maximum Gasteiger partial charge on any atom is 0.254 e. The zero-order valence-electron chi connectivity index (χ0n) is 17.8. The van der Waals surface area contributed by atoms with E-state index in [4.69, 9.17) is 0 Å². The number of piperidine rings is 1. The first-order valence-electron chi connectivity index (χ1n) is 11.5. The van der Waals surface area contributed by atoms with E-state index in [1.165, 1.54) is 24.0 Å². The van der Waals surface area contributed by atoms with Gasteiger partial charge in [-0.3, -0.25) is 4.79 Å². The average Bonchev–Trinajstić information content (AvgIpc) is 3.51. The third-order valence-electron chi connectivity index (χ3n) is 7.26. The number of hydrogen-bond donors (Lipinski definition) is 1. The van der Waals surface area contributed by atoms with Gasteiger partial charge in [-0.1, -0.05) is 30.3 Å². The van der Waals surface area contributed by atoms with Crippen LogP contribution < -0.4 is 5.32 Å². The largest absolute Gasteiger partial charge is 0.334 e. The van der Waals surface area contributed by atoms with Crippen LogP contribution in [-0.4, -0.2) is 30.4 Å². The number of aryl methyl sites for hydroxylation is 1. The average molecular weight is 407 g/mol. The molecule has 0 radical (unpaired) electrons. The first-order valence-corrected chi connectivity index (χ1v) is 11.5. The van der Waals surface area contributed by atoms with Crippen molar-refractivity contribution in [3.8, 4) is 0 Å². The molecule has 1 saturated heterocycles. The van der Waals surface area contributed by atoms with Crippen LogP contribution in [0.1, 0.15) is 64.2 Å². The molecule has 2 aliphatic heterocycles. The molecule has 1 aliphatic carbocycles. The third kappa shape index (κ3) is 3.90. The summed E-state index contributed by atoms with van der Waals surface area (Å²) in [6.07, 6.45) is 5.45. The van der Waals surface area contributed by atoms with Gasteiger partial charge in [-0.05, 0) is 98.2 Å². The molecule has 4 heteroatoms. The van der Waals surface area contributed by atoms with Gasteiger partial charge in [-0.25, -0.2) is 4.39 Å². The first-order chi connectivity index (χ1) is 14.6. The molecule has 3 nitrogen and oxygen atoms in total. The Bertz CT molecular complexity index is 946. The van der Waals surface area contributed by atoms with Gasteiger partial charge < -0.3 is 10.2 Å². The zero-order chi connectivity index (χ0) is 20.7. The van der Waals surface area contributed by atoms with Gasteiger partial charge in [0.1, 0.15) is 5.82 Å². The van der Waals surface area contributed by atoms with Gasteiger partial charge >= 0.3 is 0 Å². The number of carbonyl (C=O) groups excluding carboxylic acids is 1. The maximum atomic E-state index is 14.5. The van der Waals surface area contributed by atoms with E-state index >= 15 is 0 Å². The number of fused-ring (bicyclic) bond motifs is 1. The van der Waals surface area contributed by atoms with Gasteiger partial charge in [0.25, 0.3) is 5.91 Å². The number of benzene rings is 2. The van der Waals surface area contributed by atoms with Crippen molar-refractivity contribution in [3.05, 3.63) is 70.0 Å². The van der Waals surface area contributed by atoms with Crippen LogP contribution in [0.25, 0.3) is 0 Å². The molecule has 0 spiro atoms. The van der Waals surface area contributed by atoms with Crippen molar-refractivity contribution in [2.24, 2.45) is 11.8 Å². The van der Waals surface area contributed by atoms with Crippen molar-refractivity contribution in [1.82, 2.24) is 10.2 Å². The van der Waals surface area contributed by atoms with Crippen LogP contribution in [0.2, 0.25) is 0 Å². The van der Waals surface area contributed by atoms with Crippen molar-refractivity contribution < 1.29 is 9.18 Å². The Morgan fingerprint density at radius 3 is 2.63 bits per heavy atom. The van der Waals surface area contributed by atoms with Gasteiger partial charge in [0, 0.05) is 18.7 Å². The predicted molar refractivity (Wildman–Crippen MR) is 117 cm³/mol. The Morgan fingerprint density at radius 1 is 1.13 bits per heavy atom. The monoisotopic (exact) mass is 406 g/mol. The molecule has 3 aliphatic rings. The van der Waals surface area contributed by atoms with Crippen molar-refractivity contribution in [1.29, 1.82) is 0 Å². The lowest BCUT2D eigenvalue weighted by Gasteiger charge is -2.32. The molecule has 1 saturated carbocycles. The molecule has 30 heavy (non-hydrogen) atoms. The topological polar surface area (TPSA) is 32.3 Å². The number of halogens is 1. The summed E-state index contributed by atoms with van der Waals surface area (Å²) in [4.78, 5) is 15.0. The summed E-state index contributed by atoms with van der Waals surface area (Å²) in [5.41, 5.74) is 5.24. The summed E-state index contributed by atoms with van der Waals surface area (Å²) in [5.74, 6) is 1.60. The van der Waals surface area contributed by atoms with Crippen molar-refractivity contribution in [3.63, 3.8) is 0 Å². The van der Waals surface area contributed by atoms with Crippen LogP contribution in [0, 0.1) is 24.6 Å². The molecule has 2 fully saturated rings. The van der Waals surface area contributed by atoms with Crippen molar-refractivity contribution >= 4 is 5.91 Å². The van der Waals surface area contributed by atoms with Gasteiger partial charge in [0.15, 0.2) is 0 Å². The minimum atomic E-state index is -0.111. The molecular weight excluding hydrogens is 375 g/mol. The fourth-order valence-electron chi connectivity index (χ4n) is 5.43. The highest BCUT2D eigenvalue weighted by molar-refractivity contribution is 5.99. The molecular formula is C26H31FN2O. The summed E-state index contributed by atoms with van der Waals surface area (Å²) >= 11 is 0. The number of rotatable bonds is 6. The number of hydrogen-bond acceptors (Lipinski definition) is 2. The smallest absolute Gasteiger partial charge is 0.254 e. The summed E-state index contributed by atoms with van der Waals surface area (Å²) in [6.45, 7) is 5.75. The Labute approximate surface area is 178 Å². The minimum Gasteiger partial charge on any atom is -0.334 e. The Hall–Kier alpha value is -2.20. The second-order valence-corrected chi connectivity index (χ2v) is 9.49. The van der Waals surface area contributed by atoms with Gasteiger partial charge in [-0.15, -0.1) is 0 Å². The highest BCUT2D eigenvalue weighted by Gasteiger charge is 2.35. The molecule has 0 bridgehead atoms. The third-order valence-corrected chi connectivity index (χ3v) is 7.26. The molecule has 1 atom stereocenters. The quantitative estimate of drug-likeness (QED) is 0.746. The van der Waals surface area contributed by atoms with Crippen molar-refractivity contribution in [2.75, 3.05) is 19.6 Å². The summed E-state index contributed by atoms with van der Waals surface area (Å²) < 4.78 is 14.5. The second-order valence-electron chi connectivity index (χ2n) is 9.49. The molecule has 158 valence electrons. The Morgan fingerprint density at radius 2 is 1.90 bits per heavy atom. The molecule has 2 aromatic rings. The van der Waals surface area contributed by atoms with Crippen LogP contribution in [0.3, 0.4) is 0 Å². The Kier molecular flexibility index (Phi) is 5.36. The first kappa shape index (κ1) is 19.7. The standard InChI is InChI=1S/C26H31FN2O/c1-17-12-21(13-22-16-29(15-18-6-7-18)26(30)25(17)22)23(19-8-10-28-11-9-19)14-20-4-2-3-5-24(20)27/h2-5,12-13,18-19,23,28H,6-11,14-16H2,1H3. The lowest BCUT2D eigenvalue weighted by atomic mass is 9.76. The highest BCUT2D eigenvalue weighted by Crippen LogP contribution is 2.39. The van der Waals surface area contributed by atoms with E-state index in [2.05, 4.69) is 24.4 Å². The Balaban J connectivity index is 1.47. The number of nitrogens with zero attached hydrogens (tertiary/aromatic N) is 1. The maximum absolute atomic E-state index is 14.5. The van der Waals surface area contributed by atoms with E-state index in [-0.39, 0.29) is 17.6 Å². The molecule has 1 N–H and O–H groups in total. The van der Waals surface area contributed by atoms with E-state index in [1.54, 1.807) is 12.1 Å². The van der Waals surface area contributed by atoms with E-state index in [9.17, 15) is 9.18 Å². The zero-order valence-corrected chi connectivity index (χ0v) is 17.8. The SMILES string of the molecule is Cc1cc(C(Cc2ccccc2F)C2CCNCC2)cc2c1C(=O)N(CC1CC1)C2. The fourth-order valence-corrected chi connectivity index (χ4v) is 5.43. The summed E-state index contributed by atoms with van der Waals surface area (Å²) in [7, 11) is 0. The molecule has 0 aromatic heterocycles. The van der Waals surface area contributed by atoms with E-state index in [0.717, 1.165) is 62.1 Å². The lowest BCUT2D eigenvalue weighted by molar-refractivity contribution is 0.0770. The van der Waals surface area contributed by atoms with Gasteiger partial charge in [-0.2, -0.15) is 0 Å². The van der Waals surface area contributed by atoms with Crippen molar-refractivity contribution in [2.45, 2.75) is 51.5 Å². The fraction of sp³-hybridized carbons (Fsp3) is 0.500. The number of carbonyl (C=O) groups is 1. The molecule has 1 unspecified atom stereocenters. The van der Waals surface area contributed by atoms with Crippen LogP contribution >= 0.6 is 0 Å². The number of nitrogens with one attached hydrogen (secondary N) is 1. The number of amides is 1. The van der Waals surface area contributed by atoms with Crippen LogP contribution in [0.4, 0.5) is 4.39 Å². The van der Waals surface area contributed by atoms with E-state index < -0.39 is 0 Å². The highest BCUT2D eigenvalue weighted by atomic mass is 19.1. The van der Waals surface area contributed by atoms with Crippen LogP contribution in [0.5, 0.6) is 0 Å². The lowest BCUT2D eigenvalue weighted by Crippen LogP contribution is -2.31. The summed E-state index contributed by atoms with van der Waals surface area (Å²) in [5, 5.41) is 3.46. The molecule has 1 amide bonds. The van der Waals surface area contributed by atoms with Gasteiger partial charge in [0.05, 0.1) is 0 Å². The van der Waals surface area contributed by atoms with Gasteiger partial charge in [0.2, 0.25) is 0 Å². The minimum absolute atomic E-state index is 0.111. The summed E-state index contributed by atoms with van der Waals surface area (Å²) in [6, 6.07) is 11.7. The van der Waals surface area contributed by atoms with E-state index in [0.29, 0.717) is 11.8 Å². The predicted octanol–water partition coefficient (Wildman–Crippen LogP) is 4.83. The normalized spacial score (nSPS) is 20.5. The van der Waals surface area contributed by atoms with Crippen LogP contribution in [-0.2, 0) is 13.0 Å². The molecule has 2 aromatic carbocycles. The second kappa shape index (κ2) is 8.14. The molecule has 5 rings (SSSR count). The molecule has 2 heterocycles. The van der Waals surface area contributed by atoms with Crippen LogP contribution in [0.15, 0.2) is 36.4 Å².